The molecular weight excluding hydrogens is 312 g/mol. The Morgan fingerprint density at radius 2 is 1.86 bits per heavy atom. The molecule has 0 aliphatic carbocycles. The van der Waals surface area contributed by atoms with Crippen molar-refractivity contribution in [3.05, 3.63) is 34.9 Å². The van der Waals surface area contributed by atoms with Gasteiger partial charge in [0.2, 0.25) is 0 Å². The molecule has 2 saturated heterocycles. The van der Waals surface area contributed by atoms with Crippen molar-refractivity contribution in [3.63, 3.8) is 0 Å². The number of sulfone groups is 1. The third-order valence-electron chi connectivity index (χ3n) is 4.32. The summed E-state index contributed by atoms with van der Waals surface area (Å²) >= 11 is 6.09. The third kappa shape index (κ3) is 2.67. The van der Waals surface area contributed by atoms with Crippen molar-refractivity contribution in [2.45, 2.75) is 12.1 Å². The number of benzene rings is 1. The van der Waals surface area contributed by atoms with Crippen LogP contribution in [0, 0.1) is 0 Å². The van der Waals surface area contributed by atoms with Crippen LogP contribution in [0.3, 0.4) is 0 Å². The highest BCUT2D eigenvalue weighted by molar-refractivity contribution is 7.91. The van der Waals surface area contributed by atoms with E-state index in [-0.39, 0.29) is 29.5 Å². The standard InChI is InChI=1S/C14H17ClN2O3S/c1-16-6-7-17(13-9-21(19,20)8-12(13)16)14(18)10-4-2-3-5-11(10)15/h2-5,12-13H,6-9H2,1H3/t12-,13+/m1/s1. The maximum Gasteiger partial charge on any atom is 0.255 e. The van der Waals surface area contributed by atoms with Gasteiger partial charge in [-0.15, -0.1) is 0 Å². The number of rotatable bonds is 1. The van der Waals surface area contributed by atoms with Crippen molar-refractivity contribution in [2.24, 2.45) is 0 Å². The molecule has 1 amide bonds. The molecule has 21 heavy (non-hydrogen) atoms. The Balaban J connectivity index is 1.92. The third-order valence-corrected chi connectivity index (χ3v) is 6.35. The van der Waals surface area contributed by atoms with E-state index in [1.807, 2.05) is 11.9 Å². The number of likely N-dealkylation sites (N-methyl/N-ethyl adjacent to an activating group) is 1. The van der Waals surface area contributed by atoms with Crippen LogP contribution in [0.2, 0.25) is 5.02 Å². The first-order valence-electron chi connectivity index (χ1n) is 6.85. The van der Waals surface area contributed by atoms with Gasteiger partial charge in [0.25, 0.3) is 5.91 Å². The van der Waals surface area contributed by atoms with Gasteiger partial charge in [0, 0.05) is 19.1 Å². The highest BCUT2D eigenvalue weighted by Crippen LogP contribution is 2.28. The van der Waals surface area contributed by atoms with Crippen LogP contribution in [-0.4, -0.2) is 67.9 Å². The number of carbonyl (C=O) groups excluding carboxylic acids is 1. The van der Waals surface area contributed by atoms with Crippen LogP contribution in [-0.2, 0) is 9.84 Å². The lowest BCUT2D eigenvalue weighted by atomic mass is 10.0. The van der Waals surface area contributed by atoms with Crippen molar-refractivity contribution in [2.75, 3.05) is 31.6 Å². The lowest BCUT2D eigenvalue weighted by molar-refractivity contribution is 0.0410. The minimum Gasteiger partial charge on any atom is -0.332 e. The Morgan fingerprint density at radius 1 is 1.19 bits per heavy atom. The number of hydrogen-bond donors (Lipinski definition) is 0. The number of amides is 1. The van der Waals surface area contributed by atoms with Crippen molar-refractivity contribution in [3.8, 4) is 0 Å². The molecule has 0 spiro atoms. The molecule has 1 aromatic rings. The number of carbonyl (C=O) groups is 1. The number of fused-ring (bicyclic) bond motifs is 1. The van der Waals surface area contributed by atoms with Crippen LogP contribution in [0.5, 0.6) is 0 Å². The first-order valence-corrected chi connectivity index (χ1v) is 9.05. The summed E-state index contributed by atoms with van der Waals surface area (Å²) in [5.74, 6) is -0.0145. The van der Waals surface area contributed by atoms with E-state index in [9.17, 15) is 13.2 Å². The van der Waals surface area contributed by atoms with Crippen LogP contribution in [0.15, 0.2) is 24.3 Å². The lowest BCUT2D eigenvalue weighted by Crippen LogP contribution is -2.59. The molecule has 3 rings (SSSR count). The van der Waals surface area contributed by atoms with Crippen LogP contribution < -0.4 is 0 Å². The molecule has 2 atom stereocenters. The van der Waals surface area contributed by atoms with Crippen LogP contribution in [0.1, 0.15) is 10.4 Å². The normalized spacial score (nSPS) is 28.4. The molecule has 0 N–H and O–H groups in total. The fourth-order valence-electron chi connectivity index (χ4n) is 3.17. The fourth-order valence-corrected chi connectivity index (χ4v) is 5.44. The van der Waals surface area contributed by atoms with E-state index in [2.05, 4.69) is 0 Å². The van der Waals surface area contributed by atoms with Gasteiger partial charge in [-0.3, -0.25) is 9.69 Å². The van der Waals surface area contributed by atoms with Gasteiger partial charge in [0.15, 0.2) is 9.84 Å². The van der Waals surface area contributed by atoms with E-state index in [1.165, 1.54) is 0 Å². The molecule has 2 aliphatic rings. The molecular formula is C14H17ClN2O3S. The summed E-state index contributed by atoms with van der Waals surface area (Å²) in [5.41, 5.74) is 0.437. The molecule has 0 radical (unpaired) electrons. The first kappa shape index (κ1) is 14.8. The van der Waals surface area contributed by atoms with E-state index in [0.717, 1.165) is 0 Å². The lowest BCUT2D eigenvalue weighted by Gasteiger charge is -2.42. The highest BCUT2D eigenvalue weighted by Gasteiger charge is 2.47. The summed E-state index contributed by atoms with van der Waals surface area (Å²) in [4.78, 5) is 16.4. The van der Waals surface area contributed by atoms with E-state index >= 15 is 0 Å². The molecule has 114 valence electrons. The maximum atomic E-state index is 12.7. The predicted molar refractivity (Wildman–Crippen MR) is 81.3 cm³/mol. The van der Waals surface area contributed by atoms with Crippen LogP contribution in [0.4, 0.5) is 0 Å². The van der Waals surface area contributed by atoms with E-state index < -0.39 is 9.84 Å². The number of halogens is 1. The number of nitrogens with zero attached hydrogens (tertiary/aromatic N) is 2. The quantitative estimate of drug-likeness (QED) is 0.768. The van der Waals surface area contributed by atoms with E-state index in [4.69, 9.17) is 11.6 Å². The van der Waals surface area contributed by atoms with Gasteiger partial charge in [-0.1, -0.05) is 23.7 Å². The second-order valence-electron chi connectivity index (χ2n) is 5.67. The summed E-state index contributed by atoms with van der Waals surface area (Å²) in [6, 6.07) is 6.49. The molecule has 0 saturated carbocycles. The Morgan fingerprint density at radius 3 is 2.57 bits per heavy atom. The zero-order chi connectivity index (χ0) is 15.2. The largest absolute Gasteiger partial charge is 0.332 e. The summed E-state index contributed by atoms with van der Waals surface area (Å²) in [6.45, 7) is 1.20. The Hall–Kier alpha value is -1.11. The van der Waals surface area contributed by atoms with Crippen LogP contribution >= 0.6 is 11.6 Å². The average molecular weight is 329 g/mol. The van der Waals surface area contributed by atoms with Crippen LogP contribution in [0.25, 0.3) is 0 Å². The fraction of sp³-hybridized carbons (Fsp3) is 0.500. The Bertz CT molecular complexity index is 677. The average Bonchev–Trinajstić information content (AvgIpc) is 2.75. The Labute approximate surface area is 129 Å². The molecule has 0 aromatic heterocycles. The Kier molecular flexibility index (Phi) is 3.71. The van der Waals surface area contributed by atoms with Crippen molar-refractivity contribution >= 4 is 27.3 Å². The SMILES string of the molecule is CN1CCN(C(=O)c2ccccc2Cl)[C@H]2CS(=O)(=O)C[C@H]21. The van der Waals surface area contributed by atoms with Gasteiger partial charge in [0.05, 0.1) is 28.1 Å². The minimum absolute atomic E-state index is 0.0399. The molecule has 7 heteroatoms. The molecule has 2 heterocycles. The van der Waals surface area contributed by atoms with Crippen molar-refractivity contribution < 1.29 is 13.2 Å². The zero-order valence-electron chi connectivity index (χ0n) is 11.7. The first-order chi connectivity index (χ1) is 9.89. The zero-order valence-corrected chi connectivity index (χ0v) is 13.3. The number of piperazine rings is 1. The second kappa shape index (κ2) is 5.26. The molecule has 1 aromatic carbocycles. The molecule has 2 fully saturated rings. The summed E-state index contributed by atoms with van der Waals surface area (Å²) in [5, 5.41) is 0.402. The van der Waals surface area contributed by atoms with E-state index in [1.54, 1.807) is 29.2 Å². The predicted octanol–water partition coefficient (Wildman–Crippen LogP) is 0.893. The summed E-state index contributed by atoms with van der Waals surface area (Å²) in [6.07, 6.45) is 0. The smallest absolute Gasteiger partial charge is 0.255 e. The molecule has 2 aliphatic heterocycles. The van der Waals surface area contributed by atoms with Gasteiger partial charge in [-0.25, -0.2) is 8.42 Å². The second-order valence-corrected chi connectivity index (χ2v) is 8.23. The van der Waals surface area contributed by atoms with Gasteiger partial charge >= 0.3 is 0 Å². The van der Waals surface area contributed by atoms with E-state index in [0.29, 0.717) is 23.7 Å². The monoisotopic (exact) mass is 328 g/mol. The maximum absolute atomic E-state index is 12.7. The van der Waals surface area contributed by atoms with Crippen molar-refractivity contribution in [1.29, 1.82) is 0 Å². The molecule has 0 unspecified atom stereocenters. The van der Waals surface area contributed by atoms with Gasteiger partial charge < -0.3 is 4.90 Å². The summed E-state index contributed by atoms with van der Waals surface area (Å²) in [7, 11) is -1.18. The summed E-state index contributed by atoms with van der Waals surface area (Å²) < 4.78 is 23.8. The number of hydrogen-bond acceptors (Lipinski definition) is 4. The minimum atomic E-state index is -3.09. The van der Waals surface area contributed by atoms with Crippen molar-refractivity contribution in [1.82, 2.24) is 9.80 Å². The highest BCUT2D eigenvalue weighted by atomic mass is 35.5. The van der Waals surface area contributed by atoms with Gasteiger partial charge in [-0.05, 0) is 19.2 Å². The van der Waals surface area contributed by atoms with Gasteiger partial charge in [0.1, 0.15) is 0 Å². The van der Waals surface area contributed by atoms with Gasteiger partial charge in [-0.2, -0.15) is 0 Å². The molecule has 5 nitrogen and oxygen atoms in total. The topological polar surface area (TPSA) is 57.7 Å². The molecule has 0 bridgehead atoms.